The summed E-state index contributed by atoms with van der Waals surface area (Å²) in [5.41, 5.74) is 0.674. The predicted molar refractivity (Wildman–Crippen MR) is 69.7 cm³/mol. The van der Waals surface area contributed by atoms with Gasteiger partial charge in [0.15, 0.2) is 0 Å². The van der Waals surface area contributed by atoms with Gasteiger partial charge in [0.25, 0.3) is 0 Å². The number of likely N-dealkylation sites (N-methyl/N-ethyl adjacent to an activating group) is 1. The van der Waals surface area contributed by atoms with E-state index in [1.165, 1.54) is 64.6 Å². The molecule has 0 radical (unpaired) electrons. The van der Waals surface area contributed by atoms with Gasteiger partial charge in [-0.05, 0) is 51.1 Å². The fraction of sp³-hybridized carbons (Fsp3) is 1.00. The normalized spacial score (nSPS) is 30.0. The molecule has 16 heavy (non-hydrogen) atoms. The van der Waals surface area contributed by atoms with Crippen molar-refractivity contribution in [2.45, 2.75) is 57.9 Å². The number of rotatable bonds is 5. The molecule has 1 aliphatic carbocycles. The van der Waals surface area contributed by atoms with E-state index in [4.69, 9.17) is 0 Å². The minimum atomic E-state index is 0.674. The molecule has 1 atom stereocenters. The molecular formula is C14H28N2. The highest BCUT2D eigenvalue weighted by Gasteiger charge is 2.34. The minimum absolute atomic E-state index is 0.674. The van der Waals surface area contributed by atoms with Gasteiger partial charge in [-0.25, -0.2) is 0 Å². The van der Waals surface area contributed by atoms with E-state index in [-0.39, 0.29) is 0 Å². The monoisotopic (exact) mass is 224 g/mol. The van der Waals surface area contributed by atoms with Crippen LogP contribution in [0.5, 0.6) is 0 Å². The second kappa shape index (κ2) is 5.50. The quantitative estimate of drug-likeness (QED) is 0.772. The largest absolute Gasteiger partial charge is 0.315 e. The lowest BCUT2D eigenvalue weighted by molar-refractivity contribution is 0.114. The number of nitrogens with zero attached hydrogens (tertiary/aromatic N) is 1. The zero-order chi connectivity index (χ0) is 11.4. The Kier molecular flexibility index (Phi) is 4.26. The summed E-state index contributed by atoms with van der Waals surface area (Å²) in [6, 6.07) is 0.794. The van der Waals surface area contributed by atoms with Gasteiger partial charge in [0, 0.05) is 19.1 Å². The number of piperidine rings is 1. The summed E-state index contributed by atoms with van der Waals surface area (Å²) in [7, 11) is 2.28. The van der Waals surface area contributed by atoms with E-state index in [0.29, 0.717) is 5.41 Å². The van der Waals surface area contributed by atoms with Crippen molar-refractivity contribution in [3.05, 3.63) is 0 Å². The van der Waals surface area contributed by atoms with Gasteiger partial charge in [-0.2, -0.15) is 0 Å². The number of likely N-dealkylation sites (tertiary alicyclic amines) is 1. The molecular weight excluding hydrogens is 196 g/mol. The second-order valence-electron chi connectivity index (χ2n) is 5.97. The number of hydrogen-bond donors (Lipinski definition) is 1. The molecule has 0 amide bonds. The van der Waals surface area contributed by atoms with Crippen LogP contribution in [0.4, 0.5) is 0 Å². The van der Waals surface area contributed by atoms with Crippen LogP contribution in [0.15, 0.2) is 0 Å². The van der Waals surface area contributed by atoms with Crippen LogP contribution in [0.1, 0.15) is 51.9 Å². The molecule has 2 aliphatic rings. The van der Waals surface area contributed by atoms with Crippen molar-refractivity contribution in [1.82, 2.24) is 10.2 Å². The van der Waals surface area contributed by atoms with Crippen LogP contribution < -0.4 is 5.32 Å². The van der Waals surface area contributed by atoms with Gasteiger partial charge < -0.3 is 10.2 Å². The molecule has 1 saturated carbocycles. The molecule has 0 aromatic rings. The van der Waals surface area contributed by atoms with Gasteiger partial charge in [0.05, 0.1) is 0 Å². The van der Waals surface area contributed by atoms with Gasteiger partial charge >= 0.3 is 0 Å². The van der Waals surface area contributed by atoms with Crippen molar-refractivity contribution in [1.29, 1.82) is 0 Å². The first kappa shape index (κ1) is 12.4. The van der Waals surface area contributed by atoms with Gasteiger partial charge in [0.1, 0.15) is 0 Å². The van der Waals surface area contributed by atoms with Crippen LogP contribution in [-0.4, -0.2) is 37.6 Å². The predicted octanol–water partition coefficient (Wildman–Crippen LogP) is 2.64. The topological polar surface area (TPSA) is 15.3 Å². The van der Waals surface area contributed by atoms with Crippen molar-refractivity contribution in [2.75, 3.05) is 26.7 Å². The lowest BCUT2D eigenvalue weighted by Crippen LogP contribution is -2.47. The molecule has 2 rings (SSSR count). The first-order chi connectivity index (χ1) is 7.76. The molecule has 1 saturated heterocycles. The summed E-state index contributed by atoms with van der Waals surface area (Å²) in [5, 5.41) is 3.74. The van der Waals surface area contributed by atoms with Gasteiger partial charge in [-0.15, -0.1) is 0 Å². The molecule has 1 unspecified atom stereocenters. The second-order valence-corrected chi connectivity index (χ2v) is 5.97. The van der Waals surface area contributed by atoms with E-state index in [1.807, 2.05) is 0 Å². The molecule has 2 heteroatoms. The van der Waals surface area contributed by atoms with Crippen LogP contribution >= 0.6 is 0 Å². The molecule has 0 bridgehead atoms. The summed E-state index contributed by atoms with van der Waals surface area (Å²) in [5.74, 6) is 0. The van der Waals surface area contributed by atoms with E-state index in [9.17, 15) is 0 Å². The lowest BCUT2D eigenvalue weighted by Gasteiger charge is -2.42. The van der Waals surface area contributed by atoms with Crippen molar-refractivity contribution >= 4 is 0 Å². The Bertz CT molecular complexity index is 205. The summed E-state index contributed by atoms with van der Waals surface area (Å²) in [4.78, 5) is 2.54. The molecule has 1 N–H and O–H groups in total. The Labute approximate surface area is 101 Å². The third-order valence-electron chi connectivity index (χ3n) is 4.97. The summed E-state index contributed by atoms with van der Waals surface area (Å²) < 4.78 is 0. The van der Waals surface area contributed by atoms with E-state index in [1.54, 1.807) is 0 Å². The Morgan fingerprint density at radius 3 is 2.62 bits per heavy atom. The molecule has 0 aromatic heterocycles. The Morgan fingerprint density at radius 2 is 2.06 bits per heavy atom. The van der Waals surface area contributed by atoms with Crippen LogP contribution in [0, 0.1) is 5.41 Å². The van der Waals surface area contributed by atoms with Crippen LogP contribution in [-0.2, 0) is 0 Å². The summed E-state index contributed by atoms with van der Waals surface area (Å²) in [6.07, 6.45) is 9.94. The highest BCUT2D eigenvalue weighted by atomic mass is 15.2. The van der Waals surface area contributed by atoms with Crippen molar-refractivity contribution in [3.63, 3.8) is 0 Å². The van der Waals surface area contributed by atoms with Crippen molar-refractivity contribution in [2.24, 2.45) is 5.41 Å². The Balaban J connectivity index is 1.66. The third-order valence-corrected chi connectivity index (χ3v) is 4.97. The van der Waals surface area contributed by atoms with Crippen LogP contribution in [0.25, 0.3) is 0 Å². The molecule has 2 nitrogen and oxygen atoms in total. The Hall–Kier alpha value is -0.0800. The lowest BCUT2D eigenvalue weighted by atomic mass is 9.67. The highest BCUT2D eigenvalue weighted by Crippen LogP contribution is 2.43. The molecule has 0 aromatic carbocycles. The number of nitrogens with one attached hydrogen (secondary N) is 1. The van der Waals surface area contributed by atoms with E-state index >= 15 is 0 Å². The maximum absolute atomic E-state index is 3.74. The highest BCUT2D eigenvalue weighted by molar-refractivity contribution is 4.89. The first-order valence-electron chi connectivity index (χ1n) is 7.17. The fourth-order valence-corrected chi connectivity index (χ4v) is 3.24. The molecule has 1 heterocycles. The number of hydrogen-bond acceptors (Lipinski definition) is 2. The third kappa shape index (κ3) is 2.78. The van der Waals surface area contributed by atoms with Crippen molar-refractivity contribution in [3.8, 4) is 0 Å². The SMILES string of the molecule is CCC1(CNCC2CCCCN2C)CCC1. The van der Waals surface area contributed by atoms with E-state index in [0.717, 1.165) is 6.04 Å². The maximum atomic E-state index is 3.74. The smallest absolute Gasteiger partial charge is 0.0217 e. The molecule has 2 fully saturated rings. The van der Waals surface area contributed by atoms with E-state index in [2.05, 4.69) is 24.2 Å². The van der Waals surface area contributed by atoms with Crippen molar-refractivity contribution < 1.29 is 0 Å². The van der Waals surface area contributed by atoms with E-state index < -0.39 is 0 Å². The fourth-order valence-electron chi connectivity index (χ4n) is 3.24. The molecule has 1 aliphatic heterocycles. The maximum Gasteiger partial charge on any atom is 0.0217 e. The molecule has 94 valence electrons. The summed E-state index contributed by atoms with van der Waals surface area (Å²) >= 11 is 0. The van der Waals surface area contributed by atoms with Gasteiger partial charge in [-0.3, -0.25) is 0 Å². The first-order valence-corrected chi connectivity index (χ1v) is 7.17. The minimum Gasteiger partial charge on any atom is -0.315 e. The van der Waals surface area contributed by atoms with Gasteiger partial charge in [0.2, 0.25) is 0 Å². The Morgan fingerprint density at radius 1 is 1.25 bits per heavy atom. The summed E-state index contributed by atoms with van der Waals surface area (Å²) in [6.45, 7) is 6.12. The van der Waals surface area contributed by atoms with Crippen LogP contribution in [0.3, 0.4) is 0 Å². The average Bonchev–Trinajstić information content (AvgIpc) is 2.25. The zero-order valence-electron chi connectivity index (χ0n) is 11.1. The zero-order valence-corrected chi connectivity index (χ0v) is 11.1. The standard InChI is InChI=1S/C14H28N2/c1-3-14(8-6-9-14)12-15-11-13-7-4-5-10-16(13)2/h13,15H,3-12H2,1-2H3. The molecule has 0 spiro atoms. The van der Waals surface area contributed by atoms with Crippen LogP contribution in [0.2, 0.25) is 0 Å². The van der Waals surface area contributed by atoms with Gasteiger partial charge in [-0.1, -0.05) is 19.8 Å². The average molecular weight is 224 g/mol.